The van der Waals surface area contributed by atoms with Crippen molar-refractivity contribution in [2.75, 3.05) is 19.6 Å². The van der Waals surface area contributed by atoms with E-state index in [-0.39, 0.29) is 5.91 Å². The van der Waals surface area contributed by atoms with Crippen LogP contribution in [0.3, 0.4) is 0 Å². The molecule has 1 unspecified atom stereocenters. The molecule has 0 fully saturated rings. The third-order valence-corrected chi connectivity index (χ3v) is 4.08. The van der Waals surface area contributed by atoms with E-state index in [0.717, 1.165) is 10.4 Å². The first kappa shape index (κ1) is 15.7. The van der Waals surface area contributed by atoms with E-state index in [1.165, 1.54) is 11.3 Å². The standard InChI is InChI=1S/C16H20N2O2S/c1-12-4-6-13(7-5-12)16(20)18-9-8-17-11-14(19)15-3-2-10-21-15/h2-7,10,14,17,19H,8-9,11H2,1H3,(H,18,20). The van der Waals surface area contributed by atoms with Crippen LogP contribution in [0.1, 0.15) is 26.9 Å². The topological polar surface area (TPSA) is 61.4 Å². The molecule has 2 rings (SSSR count). The minimum absolute atomic E-state index is 0.0735. The lowest BCUT2D eigenvalue weighted by Gasteiger charge is -2.10. The molecule has 4 nitrogen and oxygen atoms in total. The van der Waals surface area contributed by atoms with E-state index < -0.39 is 6.10 Å². The van der Waals surface area contributed by atoms with Gasteiger partial charge in [-0.3, -0.25) is 4.79 Å². The van der Waals surface area contributed by atoms with E-state index in [9.17, 15) is 9.90 Å². The van der Waals surface area contributed by atoms with Gasteiger partial charge in [-0.05, 0) is 30.5 Å². The first-order valence-corrected chi connectivity index (χ1v) is 7.82. The summed E-state index contributed by atoms with van der Waals surface area (Å²) in [7, 11) is 0. The predicted molar refractivity (Wildman–Crippen MR) is 85.7 cm³/mol. The summed E-state index contributed by atoms with van der Waals surface area (Å²) in [5, 5.41) is 17.8. The summed E-state index contributed by atoms with van der Waals surface area (Å²) in [5.41, 5.74) is 1.80. The molecule has 0 spiro atoms. The number of carbonyl (C=O) groups excluding carboxylic acids is 1. The van der Waals surface area contributed by atoms with Gasteiger partial charge in [0.25, 0.3) is 5.91 Å². The maximum absolute atomic E-state index is 11.9. The van der Waals surface area contributed by atoms with E-state index in [2.05, 4.69) is 10.6 Å². The molecule has 0 bridgehead atoms. The smallest absolute Gasteiger partial charge is 0.251 e. The molecule has 112 valence electrons. The van der Waals surface area contributed by atoms with Crippen LogP contribution in [0.5, 0.6) is 0 Å². The number of hydrogen-bond donors (Lipinski definition) is 3. The van der Waals surface area contributed by atoms with Crippen molar-refractivity contribution in [2.24, 2.45) is 0 Å². The van der Waals surface area contributed by atoms with Crippen molar-refractivity contribution in [1.29, 1.82) is 0 Å². The average molecular weight is 304 g/mol. The Balaban J connectivity index is 1.63. The fraction of sp³-hybridized carbons (Fsp3) is 0.312. The molecule has 3 N–H and O–H groups in total. The second-order valence-corrected chi connectivity index (χ2v) is 5.84. The molecular weight excluding hydrogens is 284 g/mol. The minimum Gasteiger partial charge on any atom is -0.386 e. The van der Waals surface area contributed by atoms with Crippen molar-refractivity contribution in [1.82, 2.24) is 10.6 Å². The van der Waals surface area contributed by atoms with Crippen LogP contribution in [0.15, 0.2) is 41.8 Å². The fourth-order valence-electron chi connectivity index (χ4n) is 1.89. The summed E-state index contributed by atoms with van der Waals surface area (Å²) in [6.07, 6.45) is -0.488. The number of rotatable bonds is 7. The van der Waals surface area contributed by atoms with Crippen LogP contribution < -0.4 is 10.6 Å². The Bertz CT molecular complexity index is 552. The van der Waals surface area contributed by atoms with Crippen LogP contribution in [0.25, 0.3) is 0 Å². The molecule has 1 amide bonds. The van der Waals surface area contributed by atoms with Crippen LogP contribution in [-0.2, 0) is 0 Å². The van der Waals surface area contributed by atoms with Crippen LogP contribution in [-0.4, -0.2) is 30.6 Å². The number of aliphatic hydroxyl groups excluding tert-OH is 1. The van der Waals surface area contributed by atoms with Gasteiger partial charge in [-0.15, -0.1) is 11.3 Å². The average Bonchev–Trinajstić information content (AvgIpc) is 3.01. The molecule has 1 atom stereocenters. The van der Waals surface area contributed by atoms with Crippen molar-refractivity contribution < 1.29 is 9.90 Å². The molecule has 1 aromatic heterocycles. The largest absolute Gasteiger partial charge is 0.386 e. The molecule has 5 heteroatoms. The summed E-state index contributed by atoms with van der Waals surface area (Å²) in [5.74, 6) is -0.0735. The van der Waals surface area contributed by atoms with E-state index >= 15 is 0 Å². The molecule has 1 aromatic carbocycles. The Kier molecular flexibility index (Phi) is 5.92. The number of nitrogens with one attached hydrogen (secondary N) is 2. The maximum atomic E-state index is 11.9. The van der Waals surface area contributed by atoms with Crippen LogP contribution in [0.2, 0.25) is 0 Å². The molecule has 1 heterocycles. The SMILES string of the molecule is Cc1ccc(C(=O)NCCNCC(O)c2cccs2)cc1. The summed E-state index contributed by atoms with van der Waals surface area (Å²) >= 11 is 1.54. The van der Waals surface area contributed by atoms with Crippen molar-refractivity contribution in [3.05, 3.63) is 57.8 Å². The maximum Gasteiger partial charge on any atom is 0.251 e. The second kappa shape index (κ2) is 7.93. The van der Waals surface area contributed by atoms with Crippen LogP contribution in [0.4, 0.5) is 0 Å². The Labute approximate surface area is 128 Å². The van der Waals surface area contributed by atoms with Gasteiger partial charge >= 0.3 is 0 Å². The lowest BCUT2D eigenvalue weighted by molar-refractivity contribution is 0.0953. The van der Waals surface area contributed by atoms with Gasteiger partial charge in [-0.25, -0.2) is 0 Å². The van der Waals surface area contributed by atoms with Crippen molar-refractivity contribution in [3.63, 3.8) is 0 Å². The Morgan fingerprint density at radius 2 is 2.00 bits per heavy atom. The number of thiophene rings is 1. The number of hydrogen-bond acceptors (Lipinski definition) is 4. The quantitative estimate of drug-likeness (QED) is 0.687. The van der Waals surface area contributed by atoms with E-state index in [1.54, 1.807) is 0 Å². The summed E-state index contributed by atoms with van der Waals surface area (Å²) in [6.45, 7) is 3.63. The predicted octanol–water partition coefficient (Wildman–Crippen LogP) is 2.11. The summed E-state index contributed by atoms with van der Waals surface area (Å²) in [6, 6.07) is 11.3. The third-order valence-electron chi connectivity index (χ3n) is 3.11. The molecule has 0 radical (unpaired) electrons. The molecule has 0 aliphatic carbocycles. The van der Waals surface area contributed by atoms with E-state index in [0.29, 0.717) is 25.2 Å². The molecule has 0 aliphatic rings. The number of aliphatic hydroxyl groups is 1. The van der Waals surface area contributed by atoms with Gasteiger partial charge in [0, 0.05) is 30.1 Å². The third kappa shape index (κ3) is 4.97. The number of carbonyl (C=O) groups is 1. The molecule has 0 saturated heterocycles. The van der Waals surface area contributed by atoms with Gasteiger partial charge in [0.2, 0.25) is 0 Å². The van der Waals surface area contributed by atoms with Gasteiger partial charge in [0.1, 0.15) is 6.10 Å². The molecule has 21 heavy (non-hydrogen) atoms. The highest BCUT2D eigenvalue weighted by Gasteiger charge is 2.07. The molecular formula is C16H20N2O2S. The van der Waals surface area contributed by atoms with Crippen molar-refractivity contribution >= 4 is 17.2 Å². The monoisotopic (exact) mass is 304 g/mol. The first-order valence-electron chi connectivity index (χ1n) is 6.94. The summed E-state index contributed by atoms with van der Waals surface area (Å²) < 4.78 is 0. The van der Waals surface area contributed by atoms with Gasteiger partial charge in [-0.1, -0.05) is 23.8 Å². The fourth-order valence-corrected chi connectivity index (χ4v) is 2.60. The Morgan fingerprint density at radius 1 is 1.24 bits per heavy atom. The molecule has 0 aliphatic heterocycles. The zero-order valence-electron chi connectivity index (χ0n) is 12.0. The zero-order valence-corrected chi connectivity index (χ0v) is 12.8. The van der Waals surface area contributed by atoms with Gasteiger partial charge in [-0.2, -0.15) is 0 Å². The van der Waals surface area contributed by atoms with Gasteiger partial charge in [0.15, 0.2) is 0 Å². The second-order valence-electron chi connectivity index (χ2n) is 4.86. The van der Waals surface area contributed by atoms with Crippen LogP contribution in [0, 0.1) is 6.92 Å². The lowest BCUT2D eigenvalue weighted by Crippen LogP contribution is -2.33. The van der Waals surface area contributed by atoms with E-state index in [1.807, 2.05) is 48.7 Å². The molecule has 2 aromatic rings. The number of aryl methyl sites for hydroxylation is 1. The molecule has 0 saturated carbocycles. The van der Waals surface area contributed by atoms with Gasteiger partial charge < -0.3 is 15.7 Å². The summed E-state index contributed by atoms with van der Waals surface area (Å²) in [4.78, 5) is 12.8. The Morgan fingerprint density at radius 3 is 2.67 bits per heavy atom. The Hall–Kier alpha value is -1.69. The number of amides is 1. The van der Waals surface area contributed by atoms with Gasteiger partial charge in [0.05, 0.1) is 0 Å². The van der Waals surface area contributed by atoms with Crippen molar-refractivity contribution in [3.8, 4) is 0 Å². The normalized spacial score (nSPS) is 12.1. The first-order chi connectivity index (χ1) is 10.2. The van der Waals surface area contributed by atoms with Crippen molar-refractivity contribution in [2.45, 2.75) is 13.0 Å². The number of benzene rings is 1. The minimum atomic E-state index is -0.488. The van der Waals surface area contributed by atoms with E-state index in [4.69, 9.17) is 0 Å². The zero-order chi connectivity index (χ0) is 15.1. The lowest BCUT2D eigenvalue weighted by atomic mass is 10.1. The highest BCUT2D eigenvalue weighted by atomic mass is 32.1. The van der Waals surface area contributed by atoms with Crippen LogP contribution >= 0.6 is 11.3 Å². The highest BCUT2D eigenvalue weighted by Crippen LogP contribution is 2.17. The highest BCUT2D eigenvalue weighted by molar-refractivity contribution is 7.10.